The molecule has 1 aliphatic carbocycles. The highest BCUT2D eigenvalue weighted by atomic mass is 15.5. The Morgan fingerprint density at radius 2 is 2.06 bits per heavy atom. The summed E-state index contributed by atoms with van der Waals surface area (Å²) >= 11 is 0. The predicted molar refractivity (Wildman–Crippen MR) is 63.2 cm³/mol. The van der Waals surface area contributed by atoms with Crippen LogP contribution in [0.2, 0.25) is 0 Å². The summed E-state index contributed by atoms with van der Waals surface area (Å²) in [5.74, 6) is 0.903. The summed E-state index contributed by atoms with van der Waals surface area (Å²) < 4.78 is 1.85. The molecule has 0 saturated heterocycles. The molecule has 88 valence electrons. The van der Waals surface area contributed by atoms with E-state index in [0.717, 1.165) is 18.9 Å². The molecule has 0 unspecified atom stereocenters. The second-order valence-corrected chi connectivity index (χ2v) is 4.39. The van der Waals surface area contributed by atoms with E-state index in [0.29, 0.717) is 6.04 Å². The summed E-state index contributed by atoms with van der Waals surface area (Å²) in [7, 11) is 0. The molecule has 3 rings (SSSR count). The number of hydrogen-bond donors (Lipinski definition) is 1. The van der Waals surface area contributed by atoms with Gasteiger partial charge in [0, 0.05) is 6.04 Å². The van der Waals surface area contributed by atoms with E-state index in [1.165, 1.54) is 18.4 Å². The molecule has 5 nitrogen and oxygen atoms in total. The fourth-order valence-electron chi connectivity index (χ4n) is 1.75. The molecular weight excluding hydrogens is 214 g/mol. The lowest BCUT2D eigenvalue weighted by molar-refractivity contribution is 0.578. The van der Waals surface area contributed by atoms with Gasteiger partial charge in [0.2, 0.25) is 0 Å². The maximum absolute atomic E-state index is 4.05. The number of nitrogens with zero attached hydrogens (tertiary/aromatic N) is 4. The van der Waals surface area contributed by atoms with Gasteiger partial charge in [-0.2, -0.15) is 0 Å². The number of rotatable bonds is 5. The first kappa shape index (κ1) is 10.4. The first-order valence-electron chi connectivity index (χ1n) is 5.94. The summed E-state index contributed by atoms with van der Waals surface area (Å²) in [6.07, 6.45) is 2.56. The normalized spacial score (nSPS) is 15.1. The molecule has 0 spiro atoms. The SMILES string of the molecule is c1ccc(Cn2nnnc2CNC2CC2)cc1. The summed E-state index contributed by atoms with van der Waals surface area (Å²) in [6, 6.07) is 10.9. The van der Waals surface area contributed by atoms with Crippen LogP contribution in [0.15, 0.2) is 30.3 Å². The molecule has 0 bridgehead atoms. The molecule has 17 heavy (non-hydrogen) atoms. The molecule has 0 amide bonds. The fraction of sp³-hybridized carbons (Fsp3) is 0.417. The molecule has 0 aliphatic heterocycles. The van der Waals surface area contributed by atoms with Crippen LogP contribution in [0.5, 0.6) is 0 Å². The highest BCUT2D eigenvalue weighted by Gasteiger charge is 2.21. The van der Waals surface area contributed by atoms with Crippen LogP contribution in [0.1, 0.15) is 24.2 Å². The molecule has 1 N–H and O–H groups in total. The van der Waals surface area contributed by atoms with Gasteiger partial charge in [-0.15, -0.1) is 5.10 Å². The van der Waals surface area contributed by atoms with Crippen LogP contribution in [-0.4, -0.2) is 26.2 Å². The Bertz CT molecular complexity index is 475. The second kappa shape index (κ2) is 4.63. The van der Waals surface area contributed by atoms with Crippen molar-refractivity contribution in [3.05, 3.63) is 41.7 Å². The van der Waals surface area contributed by atoms with E-state index in [1.807, 2.05) is 22.9 Å². The summed E-state index contributed by atoms with van der Waals surface area (Å²) in [6.45, 7) is 1.49. The third kappa shape index (κ3) is 2.68. The summed E-state index contributed by atoms with van der Waals surface area (Å²) in [4.78, 5) is 0. The number of benzene rings is 1. The minimum absolute atomic E-state index is 0.678. The average molecular weight is 229 g/mol. The van der Waals surface area contributed by atoms with Crippen molar-refractivity contribution in [2.75, 3.05) is 0 Å². The number of nitrogens with one attached hydrogen (secondary N) is 1. The molecule has 5 heteroatoms. The molecule has 1 heterocycles. The van der Waals surface area contributed by atoms with Crippen LogP contribution in [0.4, 0.5) is 0 Å². The van der Waals surface area contributed by atoms with Gasteiger partial charge in [-0.05, 0) is 28.8 Å². The van der Waals surface area contributed by atoms with E-state index in [1.54, 1.807) is 0 Å². The van der Waals surface area contributed by atoms with Gasteiger partial charge in [0.05, 0.1) is 13.1 Å². The van der Waals surface area contributed by atoms with E-state index in [-0.39, 0.29) is 0 Å². The van der Waals surface area contributed by atoms with Gasteiger partial charge >= 0.3 is 0 Å². The van der Waals surface area contributed by atoms with Gasteiger partial charge in [0.1, 0.15) is 0 Å². The van der Waals surface area contributed by atoms with Crippen LogP contribution in [0.3, 0.4) is 0 Å². The third-order valence-corrected chi connectivity index (χ3v) is 2.91. The Labute approximate surface area is 99.8 Å². The first-order valence-corrected chi connectivity index (χ1v) is 5.94. The Balaban J connectivity index is 1.67. The van der Waals surface area contributed by atoms with Gasteiger partial charge in [0.15, 0.2) is 5.82 Å². The van der Waals surface area contributed by atoms with Crippen molar-refractivity contribution in [3.8, 4) is 0 Å². The maximum Gasteiger partial charge on any atom is 0.165 e. The van der Waals surface area contributed by atoms with Crippen molar-refractivity contribution in [1.82, 2.24) is 25.5 Å². The highest BCUT2D eigenvalue weighted by Crippen LogP contribution is 2.18. The zero-order chi connectivity index (χ0) is 11.5. The van der Waals surface area contributed by atoms with Crippen LogP contribution in [0, 0.1) is 0 Å². The van der Waals surface area contributed by atoms with Crippen molar-refractivity contribution >= 4 is 0 Å². The number of tetrazole rings is 1. The lowest BCUT2D eigenvalue weighted by Crippen LogP contribution is -2.19. The topological polar surface area (TPSA) is 55.6 Å². The highest BCUT2D eigenvalue weighted by molar-refractivity contribution is 5.14. The Morgan fingerprint density at radius 3 is 2.82 bits per heavy atom. The van der Waals surface area contributed by atoms with Crippen molar-refractivity contribution in [1.29, 1.82) is 0 Å². The molecule has 1 fully saturated rings. The molecule has 2 aromatic rings. The van der Waals surface area contributed by atoms with Crippen molar-refractivity contribution in [2.24, 2.45) is 0 Å². The van der Waals surface area contributed by atoms with Gasteiger partial charge in [-0.25, -0.2) is 4.68 Å². The molecule has 1 aromatic heterocycles. The van der Waals surface area contributed by atoms with Gasteiger partial charge in [-0.3, -0.25) is 0 Å². The van der Waals surface area contributed by atoms with Crippen molar-refractivity contribution < 1.29 is 0 Å². The van der Waals surface area contributed by atoms with Gasteiger partial charge < -0.3 is 5.32 Å². The van der Waals surface area contributed by atoms with Crippen molar-refractivity contribution in [2.45, 2.75) is 32.0 Å². The minimum Gasteiger partial charge on any atom is -0.307 e. The van der Waals surface area contributed by atoms with Crippen LogP contribution in [0.25, 0.3) is 0 Å². The minimum atomic E-state index is 0.678. The van der Waals surface area contributed by atoms with Crippen LogP contribution < -0.4 is 5.32 Å². The molecule has 1 aromatic carbocycles. The zero-order valence-corrected chi connectivity index (χ0v) is 9.58. The van der Waals surface area contributed by atoms with E-state index in [9.17, 15) is 0 Å². The lowest BCUT2D eigenvalue weighted by atomic mass is 10.2. The van der Waals surface area contributed by atoms with Gasteiger partial charge in [-0.1, -0.05) is 30.3 Å². The Hall–Kier alpha value is -1.75. The number of hydrogen-bond acceptors (Lipinski definition) is 4. The monoisotopic (exact) mass is 229 g/mol. The molecule has 0 atom stereocenters. The van der Waals surface area contributed by atoms with Crippen molar-refractivity contribution in [3.63, 3.8) is 0 Å². The predicted octanol–water partition coefficient (Wildman–Crippen LogP) is 0.973. The summed E-state index contributed by atoms with van der Waals surface area (Å²) in [5, 5.41) is 15.2. The molecule has 1 saturated carbocycles. The van der Waals surface area contributed by atoms with E-state index in [4.69, 9.17) is 0 Å². The Kier molecular flexibility index (Phi) is 2.83. The smallest absolute Gasteiger partial charge is 0.165 e. The maximum atomic E-state index is 4.05. The van der Waals surface area contributed by atoms with Gasteiger partial charge in [0.25, 0.3) is 0 Å². The lowest BCUT2D eigenvalue weighted by Gasteiger charge is -2.05. The molecule has 0 radical (unpaired) electrons. The third-order valence-electron chi connectivity index (χ3n) is 2.91. The van der Waals surface area contributed by atoms with Crippen LogP contribution in [-0.2, 0) is 13.1 Å². The largest absolute Gasteiger partial charge is 0.307 e. The quantitative estimate of drug-likeness (QED) is 0.830. The van der Waals surface area contributed by atoms with E-state index >= 15 is 0 Å². The summed E-state index contributed by atoms with van der Waals surface area (Å²) in [5.41, 5.74) is 1.22. The molecule has 1 aliphatic rings. The Morgan fingerprint density at radius 1 is 1.24 bits per heavy atom. The van der Waals surface area contributed by atoms with E-state index in [2.05, 4.69) is 33.0 Å². The first-order chi connectivity index (χ1) is 8.42. The second-order valence-electron chi connectivity index (χ2n) is 4.39. The van der Waals surface area contributed by atoms with Crippen LogP contribution >= 0.6 is 0 Å². The average Bonchev–Trinajstić information content (AvgIpc) is 3.09. The fourth-order valence-corrected chi connectivity index (χ4v) is 1.75. The standard InChI is InChI=1S/C12H15N5/c1-2-4-10(5-3-1)9-17-12(14-15-16-17)8-13-11-6-7-11/h1-5,11,13H,6-9H2. The molecular formula is C12H15N5. The number of aromatic nitrogens is 4. The zero-order valence-electron chi connectivity index (χ0n) is 9.58. The van der Waals surface area contributed by atoms with E-state index < -0.39 is 0 Å².